The molecule has 6 heteroatoms. The predicted octanol–water partition coefficient (Wildman–Crippen LogP) is 0.830. The lowest BCUT2D eigenvalue weighted by Gasteiger charge is -2.28. The molecule has 26 heavy (non-hydrogen) atoms. The maximum Gasteiger partial charge on any atom is 0.233 e. The molecule has 3 amide bonds. The first kappa shape index (κ1) is 16.5. The molecule has 5 rings (SSSR count). The molecule has 4 fully saturated rings. The largest absolute Gasteiger partial charge is 0.354 e. The van der Waals surface area contributed by atoms with Crippen molar-refractivity contribution in [1.29, 1.82) is 0 Å². The van der Waals surface area contributed by atoms with Crippen LogP contribution in [0.25, 0.3) is 0 Å². The summed E-state index contributed by atoms with van der Waals surface area (Å²) in [7, 11) is 0. The van der Waals surface area contributed by atoms with Gasteiger partial charge in [0.05, 0.1) is 11.8 Å². The minimum atomic E-state index is -0.140. The molecule has 0 aromatic heterocycles. The Bertz CT molecular complexity index is 633. The summed E-state index contributed by atoms with van der Waals surface area (Å²) in [4.78, 5) is 38.9. The number of likely N-dealkylation sites (tertiary alicyclic amines) is 1. The summed E-state index contributed by atoms with van der Waals surface area (Å²) in [5, 5.41) is 6.53. The van der Waals surface area contributed by atoms with Crippen molar-refractivity contribution in [2.24, 2.45) is 29.6 Å². The highest BCUT2D eigenvalue weighted by atomic mass is 16.2. The first-order chi connectivity index (χ1) is 12.6. The molecule has 1 saturated carbocycles. The maximum absolute atomic E-state index is 12.6. The topological polar surface area (TPSA) is 78.5 Å². The molecule has 0 aromatic rings. The maximum atomic E-state index is 12.6. The Morgan fingerprint density at radius 1 is 1.04 bits per heavy atom. The van der Waals surface area contributed by atoms with Crippen LogP contribution in [-0.2, 0) is 14.4 Å². The highest BCUT2D eigenvalue weighted by molar-refractivity contribution is 6.06. The van der Waals surface area contributed by atoms with Gasteiger partial charge in [-0.25, -0.2) is 0 Å². The number of hydrogen-bond acceptors (Lipinski definition) is 4. The SMILES string of the molecule is O=C(CC1CC2CCC(C1)N2)NCCN1C(=O)C2C3C=CC(C3)C2C1=O. The summed E-state index contributed by atoms with van der Waals surface area (Å²) in [6, 6.07) is 1.18. The van der Waals surface area contributed by atoms with Gasteiger partial charge in [-0.3, -0.25) is 19.3 Å². The Labute approximate surface area is 153 Å². The number of nitrogens with one attached hydrogen (secondary N) is 2. The van der Waals surface area contributed by atoms with E-state index in [0.717, 1.165) is 19.3 Å². The van der Waals surface area contributed by atoms with Crippen LogP contribution in [0.1, 0.15) is 38.5 Å². The van der Waals surface area contributed by atoms with Crippen LogP contribution in [0.5, 0.6) is 0 Å². The summed E-state index contributed by atoms with van der Waals surface area (Å²) in [6.45, 7) is 0.684. The number of piperidine rings is 1. The van der Waals surface area contributed by atoms with Crippen LogP contribution < -0.4 is 10.6 Å². The number of hydrogen-bond donors (Lipinski definition) is 2. The zero-order valence-corrected chi connectivity index (χ0v) is 15.0. The lowest BCUT2D eigenvalue weighted by atomic mass is 9.85. The summed E-state index contributed by atoms with van der Waals surface area (Å²) >= 11 is 0. The molecule has 6 unspecified atom stereocenters. The molecule has 3 aliphatic heterocycles. The molecule has 0 radical (unpaired) electrons. The van der Waals surface area contributed by atoms with Crippen molar-refractivity contribution in [2.45, 2.75) is 50.6 Å². The quantitative estimate of drug-likeness (QED) is 0.564. The Hall–Kier alpha value is -1.69. The highest BCUT2D eigenvalue weighted by Gasteiger charge is 2.58. The number of fused-ring (bicyclic) bond motifs is 7. The van der Waals surface area contributed by atoms with E-state index in [1.165, 1.54) is 17.7 Å². The Kier molecular flexibility index (Phi) is 3.92. The van der Waals surface area contributed by atoms with Crippen molar-refractivity contribution in [1.82, 2.24) is 15.5 Å². The van der Waals surface area contributed by atoms with Gasteiger partial charge in [0.2, 0.25) is 17.7 Å². The lowest BCUT2D eigenvalue weighted by molar-refractivity contribution is -0.141. The fraction of sp³-hybridized carbons (Fsp3) is 0.750. The number of allylic oxidation sites excluding steroid dienone is 2. The van der Waals surface area contributed by atoms with Gasteiger partial charge >= 0.3 is 0 Å². The van der Waals surface area contributed by atoms with Crippen LogP contribution in [0.4, 0.5) is 0 Å². The van der Waals surface area contributed by atoms with E-state index in [1.54, 1.807) is 0 Å². The van der Waals surface area contributed by atoms with Gasteiger partial charge in [-0.15, -0.1) is 0 Å². The minimum absolute atomic E-state index is 0.0268. The molecule has 2 aliphatic carbocycles. The number of amides is 3. The van der Waals surface area contributed by atoms with E-state index in [-0.39, 0.29) is 41.4 Å². The zero-order valence-electron chi connectivity index (χ0n) is 15.0. The average Bonchev–Trinajstić information content (AvgIpc) is 3.35. The van der Waals surface area contributed by atoms with Crippen LogP contribution in [-0.4, -0.2) is 47.8 Å². The van der Waals surface area contributed by atoms with Gasteiger partial charge in [0.1, 0.15) is 0 Å². The molecule has 6 nitrogen and oxygen atoms in total. The zero-order chi connectivity index (χ0) is 17.8. The Morgan fingerprint density at radius 3 is 2.27 bits per heavy atom. The highest BCUT2D eigenvalue weighted by Crippen LogP contribution is 2.52. The molecule has 3 saturated heterocycles. The Morgan fingerprint density at radius 2 is 1.65 bits per heavy atom. The van der Waals surface area contributed by atoms with Gasteiger partial charge in [0.25, 0.3) is 0 Å². The van der Waals surface area contributed by atoms with Crippen LogP contribution in [0, 0.1) is 29.6 Å². The van der Waals surface area contributed by atoms with Crippen LogP contribution in [0.3, 0.4) is 0 Å². The van der Waals surface area contributed by atoms with E-state index in [4.69, 9.17) is 0 Å². The average molecular weight is 357 g/mol. The molecule has 6 atom stereocenters. The third-order valence-corrected chi connectivity index (χ3v) is 7.26. The van der Waals surface area contributed by atoms with E-state index in [9.17, 15) is 14.4 Å². The lowest BCUT2D eigenvalue weighted by Crippen LogP contribution is -2.42. The van der Waals surface area contributed by atoms with Crippen molar-refractivity contribution in [3.63, 3.8) is 0 Å². The van der Waals surface area contributed by atoms with Gasteiger partial charge < -0.3 is 10.6 Å². The molecule has 4 bridgehead atoms. The predicted molar refractivity (Wildman–Crippen MR) is 94.7 cm³/mol. The molecular weight excluding hydrogens is 330 g/mol. The molecule has 0 aromatic carbocycles. The molecule has 2 N–H and O–H groups in total. The Balaban J connectivity index is 1.10. The monoisotopic (exact) mass is 357 g/mol. The number of carbonyl (C=O) groups excluding carboxylic acids is 3. The van der Waals surface area contributed by atoms with Crippen LogP contribution in [0.15, 0.2) is 12.2 Å². The molecule has 0 spiro atoms. The summed E-state index contributed by atoms with van der Waals surface area (Å²) in [6.07, 6.45) is 10.4. The first-order valence-electron chi connectivity index (χ1n) is 10.2. The van der Waals surface area contributed by atoms with Crippen molar-refractivity contribution >= 4 is 17.7 Å². The number of nitrogens with zero attached hydrogens (tertiary/aromatic N) is 1. The molecular formula is C20H27N3O3. The molecule has 140 valence electrons. The smallest absolute Gasteiger partial charge is 0.233 e. The molecule has 3 heterocycles. The number of imide groups is 1. The summed E-state index contributed by atoms with van der Waals surface area (Å²) in [5.41, 5.74) is 0. The number of rotatable bonds is 5. The standard InChI is InChI=1S/C20H27N3O3/c24-16(9-11-7-14-3-4-15(8-11)22-14)21-5-6-23-19(25)17-12-1-2-13(10-12)18(17)20(23)26/h1-2,11-15,17-18,22H,3-10H2,(H,21,24). The van der Waals surface area contributed by atoms with Gasteiger partial charge in [0, 0.05) is 31.6 Å². The van der Waals surface area contributed by atoms with E-state index >= 15 is 0 Å². The van der Waals surface area contributed by atoms with Crippen molar-refractivity contribution in [3.8, 4) is 0 Å². The van der Waals surface area contributed by atoms with Crippen molar-refractivity contribution in [2.75, 3.05) is 13.1 Å². The second-order valence-corrected chi connectivity index (χ2v) is 8.86. The molecule has 5 aliphatic rings. The van der Waals surface area contributed by atoms with Crippen LogP contribution >= 0.6 is 0 Å². The summed E-state index contributed by atoms with van der Waals surface area (Å²) < 4.78 is 0. The van der Waals surface area contributed by atoms with Gasteiger partial charge in [0.15, 0.2) is 0 Å². The fourth-order valence-corrected chi connectivity index (χ4v) is 6.17. The van der Waals surface area contributed by atoms with E-state index < -0.39 is 0 Å². The first-order valence-corrected chi connectivity index (χ1v) is 10.2. The second kappa shape index (κ2) is 6.19. The third kappa shape index (κ3) is 2.61. The van der Waals surface area contributed by atoms with Gasteiger partial charge in [-0.05, 0) is 49.9 Å². The van der Waals surface area contributed by atoms with Crippen molar-refractivity contribution < 1.29 is 14.4 Å². The van der Waals surface area contributed by atoms with Gasteiger partial charge in [-0.2, -0.15) is 0 Å². The third-order valence-electron chi connectivity index (χ3n) is 7.26. The van der Waals surface area contributed by atoms with Crippen LogP contribution in [0.2, 0.25) is 0 Å². The minimum Gasteiger partial charge on any atom is -0.354 e. The second-order valence-electron chi connectivity index (χ2n) is 8.86. The van der Waals surface area contributed by atoms with Gasteiger partial charge in [-0.1, -0.05) is 12.2 Å². The fourth-order valence-electron chi connectivity index (χ4n) is 6.17. The summed E-state index contributed by atoms with van der Waals surface area (Å²) in [5.74, 6) is 0.675. The van der Waals surface area contributed by atoms with E-state index in [1.807, 2.05) is 0 Å². The number of carbonyl (C=O) groups is 3. The van der Waals surface area contributed by atoms with E-state index in [2.05, 4.69) is 22.8 Å². The normalized spacial score (nSPS) is 42.6. The van der Waals surface area contributed by atoms with E-state index in [0.29, 0.717) is 37.5 Å². The van der Waals surface area contributed by atoms with Crippen molar-refractivity contribution in [3.05, 3.63) is 12.2 Å².